The van der Waals surface area contributed by atoms with Crippen LogP contribution in [0.5, 0.6) is 6.01 Å². The van der Waals surface area contributed by atoms with Crippen molar-refractivity contribution in [2.24, 2.45) is 0 Å². The Kier molecular flexibility index (Phi) is 8.37. The van der Waals surface area contributed by atoms with E-state index in [1.54, 1.807) is 6.07 Å². The number of hydrogen-bond donors (Lipinski definition) is 1. The van der Waals surface area contributed by atoms with Gasteiger partial charge in [-0.25, -0.2) is 4.39 Å². The van der Waals surface area contributed by atoms with Crippen LogP contribution < -0.4 is 9.64 Å². The molecule has 2 saturated heterocycles. The van der Waals surface area contributed by atoms with Crippen molar-refractivity contribution in [1.82, 2.24) is 30.0 Å². The average molecular weight is 660 g/mol. The van der Waals surface area contributed by atoms with Crippen molar-refractivity contribution in [3.63, 3.8) is 0 Å². The number of carbonyl (C=O) groups excluding carboxylic acids is 1. The van der Waals surface area contributed by atoms with Gasteiger partial charge in [0.1, 0.15) is 17.9 Å². The fourth-order valence-corrected chi connectivity index (χ4v) is 7.91. The van der Waals surface area contributed by atoms with Gasteiger partial charge in [-0.2, -0.15) is 15.1 Å². The maximum atomic E-state index is 17.3. The molecule has 2 aromatic heterocycles. The van der Waals surface area contributed by atoms with Crippen molar-refractivity contribution >= 4 is 45.1 Å². The van der Waals surface area contributed by atoms with Crippen molar-refractivity contribution in [2.75, 3.05) is 31.1 Å². The van der Waals surface area contributed by atoms with E-state index in [-0.39, 0.29) is 40.6 Å². The summed E-state index contributed by atoms with van der Waals surface area (Å²) in [6.45, 7) is 16.5. The van der Waals surface area contributed by atoms with E-state index in [2.05, 4.69) is 40.4 Å². The van der Waals surface area contributed by atoms with E-state index in [1.807, 2.05) is 37.8 Å². The number of aryl methyl sites for hydroxylation is 1. The van der Waals surface area contributed by atoms with Crippen molar-refractivity contribution in [3.8, 4) is 17.1 Å². The Morgan fingerprint density at radius 1 is 1.17 bits per heavy atom. The topological polar surface area (TPSA) is 90.5 Å². The predicted octanol–water partition coefficient (Wildman–Crippen LogP) is 7.01. The Labute approximate surface area is 280 Å². The number of H-pyrrole nitrogens is 1. The zero-order chi connectivity index (χ0) is 33.1. The monoisotopic (exact) mass is 659 g/mol. The molecular weight excluding hydrogens is 617 g/mol. The first-order valence-corrected chi connectivity index (χ1v) is 17.2. The van der Waals surface area contributed by atoms with Crippen LogP contribution >= 0.6 is 11.6 Å². The normalized spacial score (nSPS) is 22.2. The molecule has 1 aliphatic carbocycles. The molecule has 0 spiro atoms. The zero-order valence-corrected chi connectivity index (χ0v) is 28.6. The van der Waals surface area contributed by atoms with E-state index in [1.165, 1.54) is 6.08 Å². The molecule has 2 aliphatic heterocycles. The number of ether oxygens (including phenoxy) is 1. The zero-order valence-electron chi connectivity index (χ0n) is 27.8. The highest BCUT2D eigenvalue weighted by Gasteiger charge is 2.35. The lowest BCUT2D eigenvalue weighted by Crippen LogP contribution is -2.58. The first kappa shape index (κ1) is 31.8. The summed E-state index contributed by atoms with van der Waals surface area (Å²) in [4.78, 5) is 28.7. The fraction of sp³-hybridized carbons (Fsp3) is 0.500. The molecule has 3 aliphatic rings. The van der Waals surface area contributed by atoms with Gasteiger partial charge in [0.15, 0.2) is 5.82 Å². The second-order valence-corrected chi connectivity index (χ2v) is 14.2. The highest BCUT2D eigenvalue weighted by atomic mass is 35.5. The quantitative estimate of drug-likeness (QED) is 0.204. The summed E-state index contributed by atoms with van der Waals surface area (Å²) in [6.07, 6.45) is 5.61. The second kappa shape index (κ2) is 12.4. The number of piperazine rings is 1. The van der Waals surface area contributed by atoms with Gasteiger partial charge < -0.3 is 14.5 Å². The first-order chi connectivity index (χ1) is 22.6. The minimum atomic E-state index is -0.509. The van der Waals surface area contributed by atoms with E-state index >= 15 is 4.39 Å². The molecule has 1 saturated carbocycles. The molecule has 11 heteroatoms. The summed E-state index contributed by atoms with van der Waals surface area (Å²) < 4.78 is 23.6. The van der Waals surface area contributed by atoms with Gasteiger partial charge in [-0.1, -0.05) is 24.2 Å². The Morgan fingerprint density at radius 2 is 1.96 bits per heavy atom. The highest BCUT2D eigenvalue weighted by Crippen LogP contribution is 2.48. The molecule has 9 nitrogen and oxygen atoms in total. The van der Waals surface area contributed by atoms with Crippen LogP contribution in [0.25, 0.3) is 32.9 Å². The number of aromatic nitrogens is 4. The molecule has 3 atom stereocenters. The lowest BCUT2D eigenvalue weighted by molar-refractivity contribution is -0.128. The SMILES string of the molecule is C=CC(=O)N1C[C@H](C)N(c2nc(OCC3CCCN3C(C)C)nc3c(F)c(-c4c(C)ccc5[nH]nc(C6CC6)c45)c(Cl)cc23)C[C@H]1C. The molecule has 248 valence electrons. The standard InChI is InChI=1S/C36H43ClFN7O2/c1-7-28(46)44-16-22(6)45(17-21(44)5)35-25-15-26(37)30(29-20(4)10-13-27-31(29)33(42-41-27)23-11-12-23)32(38)34(25)39-36(40-35)47-18-24-9-8-14-43(24)19(2)3/h7,10,13,15,19,21-24H,1,8-9,11-12,14,16-18H2,2-6H3,(H,41,42)/t21-,22+,24?/m1/s1. The summed E-state index contributed by atoms with van der Waals surface area (Å²) in [5.41, 5.74) is 3.94. The van der Waals surface area contributed by atoms with Gasteiger partial charge >= 0.3 is 6.01 Å². The van der Waals surface area contributed by atoms with Crippen LogP contribution in [0.4, 0.5) is 10.2 Å². The minimum absolute atomic E-state index is 0.111. The smallest absolute Gasteiger partial charge is 0.319 e. The van der Waals surface area contributed by atoms with Gasteiger partial charge in [-0.15, -0.1) is 0 Å². The number of likely N-dealkylation sites (tertiary alicyclic amines) is 1. The highest BCUT2D eigenvalue weighted by molar-refractivity contribution is 6.35. The Balaban J connectivity index is 1.38. The number of anilines is 1. The number of benzene rings is 2. The van der Waals surface area contributed by atoms with Crippen molar-refractivity contribution in [1.29, 1.82) is 0 Å². The lowest BCUT2D eigenvalue weighted by Gasteiger charge is -2.44. The third kappa shape index (κ3) is 5.63. The Morgan fingerprint density at radius 3 is 2.68 bits per heavy atom. The molecule has 7 rings (SSSR count). The molecule has 1 amide bonds. The van der Waals surface area contributed by atoms with Crippen molar-refractivity contribution < 1.29 is 13.9 Å². The van der Waals surface area contributed by atoms with Crippen LogP contribution in [0.2, 0.25) is 5.02 Å². The third-order valence-electron chi connectivity index (χ3n) is 10.2. The fourth-order valence-electron chi connectivity index (χ4n) is 7.62. The maximum Gasteiger partial charge on any atom is 0.319 e. The molecule has 3 fully saturated rings. The summed E-state index contributed by atoms with van der Waals surface area (Å²) >= 11 is 7.08. The first-order valence-electron chi connectivity index (χ1n) is 16.8. The molecular formula is C36H43ClFN7O2. The number of rotatable bonds is 8. The van der Waals surface area contributed by atoms with E-state index in [0.29, 0.717) is 48.4 Å². The van der Waals surface area contributed by atoms with E-state index in [0.717, 1.165) is 60.0 Å². The number of amides is 1. The molecule has 2 aromatic carbocycles. The van der Waals surface area contributed by atoms with Crippen molar-refractivity contribution in [3.05, 3.63) is 53.0 Å². The van der Waals surface area contributed by atoms with Gasteiger partial charge in [0.05, 0.1) is 16.2 Å². The maximum absolute atomic E-state index is 17.3. The number of halogens is 2. The predicted molar refractivity (Wildman–Crippen MR) is 185 cm³/mol. The molecule has 1 unspecified atom stereocenters. The van der Waals surface area contributed by atoms with E-state index in [9.17, 15) is 4.79 Å². The van der Waals surface area contributed by atoms with Gasteiger partial charge in [0, 0.05) is 65.1 Å². The number of hydrogen-bond acceptors (Lipinski definition) is 7. The Hall–Kier alpha value is -3.76. The molecule has 1 N–H and O–H groups in total. The molecule has 4 aromatic rings. The van der Waals surface area contributed by atoms with Gasteiger partial charge in [0.2, 0.25) is 5.91 Å². The van der Waals surface area contributed by atoms with Crippen LogP contribution in [0, 0.1) is 12.7 Å². The summed E-state index contributed by atoms with van der Waals surface area (Å²) in [7, 11) is 0. The summed E-state index contributed by atoms with van der Waals surface area (Å²) in [6, 6.07) is 6.29. The number of nitrogens with one attached hydrogen (secondary N) is 1. The number of fused-ring (bicyclic) bond motifs is 2. The second-order valence-electron chi connectivity index (χ2n) is 13.8. The van der Waals surface area contributed by atoms with Crippen LogP contribution in [-0.2, 0) is 4.79 Å². The number of carbonyl (C=O) groups is 1. The summed E-state index contributed by atoms with van der Waals surface area (Å²) in [5.74, 6) is 0.286. The number of aromatic amines is 1. The third-order valence-corrected chi connectivity index (χ3v) is 10.5. The lowest BCUT2D eigenvalue weighted by atomic mass is 9.93. The van der Waals surface area contributed by atoms with Gasteiger partial charge in [-0.05, 0) is 90.6 Å². The minimum Gasteiger partial charge on any atom is -0.462 e. The van der Waals surface area contributed by atoms with Crippen LogP contribution in [-0.4, -0.2) is 86.3 Å². The average Bonchev–Trinajstić information content (AvgIpc) is 3.61. The van der Waals surface area contributed by atoms with Crippen LogP contribution in [0.3, 0.4) is 0 Å². The van der Waals surface area contributed by atoms with E-state index in [4.69, 9.17) is 26.3 Å². The molecule has 47 heavy (non-hydrogen) atoms. The number of nitrogens with zero attached hydrogens (tertiary/aromatic N) is 6. The van der Waals surface area contributed by atoms with Crippen LogP contribution in [0.15, 0.2) is 30.9 Å². The summed E-state index contributed by atoms with van der Waals surface area (Å²) in [5, 5.41) is 9.50. The molecule has 4 heterocycles. The van der Waals surface area contributed by atoms with Crippen molar-refractivity contribution in [2.45, 2.75) is 90.4 Å². The van der Waals surface area contributed by atoms with Gasteiger partial charge in [-0.3, -0.25) is 14.8 Å². The molecule has 0 radical (unpaired) electrons. The van der Waals surface area contributed by atoms with Crippen LogP contribution in [0.1, 0.15) is 70.6 Å². The molecule has 0 bridgehead atoms. The largest absolute Gasteiger partial charge is 0.462 e. The van der Waals surface area contributed by atoms with Gasteiger partial charge in [0.25, 0.3) is 0 Å². The van der Waals surface area contributed by atoms with E-state index < -0.39 is 5.82 Å². The Bertz CT molecular complexity index is 1870.